The molecule has 0 aromatic heterocycles. The quantitative estimate of drug-likeness (QED) is 0.378. The zero-order valence-corrected chi connectivity index (χ0v) is 13.5. The number of esters is 1. The number of benzene rings is 1. The Balaban J connectivity index is 2.13. The number of unbranched alkanes of at least 4 members (excludes halogenated alkanes) is 1. The molecule has 0 N–H and O–H groups in total. The van der Waals surface area contributed by atoms with Crippen LogP contribution in [0, 0.1) is 0 Å². The number of rotatable bonds is 10. The molecule has 4 nitrogen and oxygen atoms in total. The number of carbonyl (C=O) groups excluding carboxylic acids is 1. The van der Waals surface area contributed by atoms with E-state index in [2.05, 4.69) is 0 Å². The molecular formula is C15H24O4Si. The highest BCUT2D eigenvalue weighted by Crippen LogP contribution is 2.06. The first kappa shape index (κ1) is 16.9. The van der Waals surface area contributed by atoms with E-state index in [0.29, 0.717) is 25.4 Å². The standard InChI is InChI=1S/C15H24O4Si/c1-3-18-20(19-4-2)13-9-8-12-17-15(16)14-10-6-5-7-11-14/h5-7,10-11,20H,3-4,8-9,12-13H2,1-2H3. The summed E-state index contributed by atoms with van der Waals surface area (Å²) in [6.07, 6.45) is 1.82. The molecular weight excluding hydrogens is 272 g/mol. The molecule has 0 atom stereocenters. The Hall–Kier alpha value is -1.17. The van der Waals surface area contributed by atoms with Gasteiger partial charge in [-0.1, -0.05) is 18.2 Å². The van der Waals surface area contributed by atoms with Crippen LogP contribution in [0.4, 0.5) is 0 Å². The molecule has 0 bridgehead atoms. The first-order chi connectivity index (χ1) is 9.77. The average molecular weight is 296 g/mol. The Morgan fingerprint density at radius 3 is 2.30 bits per heavy atom. The maximum Gasteiger partial charge on any atom is 0.338 e. The van der Waals surface area contributed by atoms with E-state index in [0.717, 1.165) is 18.9 Å². The second kappa shape index (κ2) is 10.6. The van der Waals surface area contributed by atoms with Gasteiger partial charge >= 0.3 is 15.3 Å². The Kier molecular flexibility index (Phi) is 8.94. The molecule has 0 heterocycles. The van der Waals surface area contributed by atoms with Crippen molar-refractivity contribution in [3.8, 4) is 0 Å². The minimum Gasteiger partial charge on any atom is -0.462 e. The van der Waals surface area contributed by atoms with Gasteiger partial charge in [0.1, 0.15) is 0 Å². The molecule has 0 aliphatic carbocycles. The van der Waals surface area contributed by atoms with Gasteiger partial charge < -0.3 is 13.6 Å². The lowest BCUT2D eigenvalue weighted by atomic mass is 10.2. The summed E-state index contributed by atoms with van der Waals surface area (Å²) in [4.78, 5) is 11.7. The fraction of sp³-hybridized carbons (Fsp3) is 0.533. The van der Waals surface area contributed by atoms with Crippen LogP contribution in [0.25, 0.3) is 0 Å². The van der Waals surface area contributed by atoms with Crippen molar-refractivity contribution in [2.24, 2.45) is 0 Å². The normalized spacial score (nSPS) is 10.8. The highest BCUT2D eigenvalue weighted by Gasteiger charge is 2.11. The second-order valence-electron chi connectivity index (χ2n) is 4.34. The van der Waals surface area contributed by atoms with Gasteiger partial charge in [0, 0.05) is 13.2 Å². The number of ether oxygens (including phenoxy) is 1. The van der Waals surface area contributed by atoms with Crippen molar-refractivity contribution >= 4 is 15.3 Å². The summed E-state index contributed by atoms with van der Waals surface area (Å²) in [5.74, 6) is -0.256. The third-order valence-electron chi connectivity index (χ3n) is 2.78. The topological polar surface area (TPSA) is 44.8 Å². The van der Waals surface area contributed by atoms with Gasteiger partial charge in [-0.25, -0.2) is 4.79 Å². The third kappa shape index (κ3) is 6.84. The average Bonchev–Trinajstić information content (AvgIpc) is 2.48. The molecule has 0 saturated carbocycles. The third-order valence-corrected chi connectivity index (χ3v) is 5.07. The van der Waals surface area contributed by atoms with E-state index < -0.39 is 9.28 Å². The predicted octanol–water partition coefficient (Wildman–Crippen LogP) is 2.92. The van der Waals surface area contributed by atoms with Crippen LogP contribution in [0.3, 0.4) is 0 Å². The van der Waals surface area contributed by atoms with Gasteiger partial charge in [0.05, 0.1) is 12.2 Å². The molecule has 1 aromatic carbocycles. The summed E-state index contributed by atoms with van der Waals surface area (Å²) in [5.41, 5.74) is 0.600. The first-order valence-electron chi connectivity index (χ1n) is 7.23. The van der Waals surface area contributed by atoms with Crippen molar-refractivity contribution in [3.63, 3.8) is 0 Å². The largest absolute Gasteiger partial charge is 0.462 e. The molecule has 1 rings (SSSR count). The Bertz CT molecular complexity index is 363. The highest BCUT2D eigenvalue weighted by atomic mass is 28.3. The number of hydrogen-bond donors (Lipinski definition) is 0. The van der Waals surface area contributed by atoms with E-state index in [4.69, 9.17) is 13.6 Å². The van der Waals surface area contributed by atoms with Crippen molar-refractivity contribution in [3.05, 3.63) is 35.9 Å². The van der Waals surface area contributed by atoms with E-state index >= 15 is 0 Å². The zero-order chi connectivity index (χ0) is 14.6. The molecule has 0 radical (unpaired) electrons. The summed E-state index contributed by atoms with van der Waals surface area (Å²) in [6, 6.07) is 10.0. The molecule has 20 heavy (non-hydrogen) atoms. The van der Waals surface area contributed by atoms with E-state index in [-0.39, 0.29) is 5.97 Å². The molecule has 0 aliphatic heterocycles. The molecule has 0 amide bonds. The van der Waals surface area contributed by atoms with Crippen LogP contribution in [-0.2, 0) is 13.6 Å². The van der Waals surface area contributed by atoms with Gasteiger partial charge in [0.2, 0.25) is 0 Å². The molecule has 0 fully saturated rings. The smallest absolute Gasteiger partial charge is 0.338 e. The highest BCUT2D eigenvalue weighted by molar-refractivity contribution is 6.44. The van der Waals surface area contributed by atoms with E-state index in [1.54, 1.807) is 12.1 Å². The summed E-state index contributed by atoms with van der Waals surface area (Å²) < 4.78 is 16.4. The van der Waals surface area contributed by atoms with Crippen LogP contribution >= 0.6 is 0 Å². The minimum atomic E-state index is -1.50. The monoisotopic (exact) mass is 296 g/mol. The van der Waals surface area contributed by atoms with Gasteiger partial charge in [-0.15, -0.1) is 0 Å². The maximum absolute atomic E-state index is 11.7. The van der Waals surface area contributed by atoms with Crippen LogP contribution in [0.15, 0.2) is 30.3 Å². The van der Waals surface area contributed by atoms with E-state index in [1.807, 2.05) is 32.0 Å². The van der Waals surface area contributed by atoms with Crippen LogP contribution in [0.5, 0.6) is 0 Å². The molecule has 0 aliphatic rings. The molecule has 0 saturated heterocycles. The van der Waals surface area contributed by atoms with Gasteiger partial charge in [-0.3, -0.25) is 0 Å². The summed E-state index contributed by atoms with van der Waals surface area (Å²) in [6.45, 7) is 5.84. The molecule has 1 aromatic rings. The van der Waals surface area contributed by atoms with Crippen LogP contribution in [-0.4, -0.2) is 35.1 Å². The fourth-order valence-electron chi connectivity index (χ4n) is 1.82. The van der Waals surface area contributed by atoms with Gasteiger partial charge in [-0.2, -0.15) is 0 Å². The lowest BCUT2D eigenvalue weighted by Crippen LogP contribution is -2.22. The van der Waals surface area contributed by atoms with Gasteiger partial charge in [-0.05, 0) is 44.9 Å². The van der Waals surface area contributed by atoms with E-state index in [9.17, 15) is 4.79 Å². The Labute approximate surface area is 122 Å². The first-order valence-corrected chi connectivity index (χ1v) is 8.99. The number of hydrogen-bond acceptors (Lipinski definition) is 4. The van der Waals surface area contributed by atoms with Gasteiger partial charge in [0.15, 0.2) is 0 Å². The van der Waals surface area contributed by atoms with Crippen molar-refractivity contribution in [2.45, 2.75) is 32.7 Å². The lowest BCUT2D eigenvalue weighted by Gasteiger charge is -2.14. The van der Waals surface area contributed by atoms with Crippen molar-refractivity contribution < 1.29 is 18.4 Å². The SMILES string of the molecule is CCO[SiH](CCCCOC(=O)c1ccccc1)OCC. The van der Waals surface area contributed by atoms with Crippen LogP contribution < -0.4 is 0 Å². The van der Waals surface area contributed by atoms with Crippen LogP contribution in [0.2, 0.25) is 6.04 Å². The number of carbonyl (C=O) groups is 1. The van der Waals surface area contributed by atoms with Crippen molar-refractivity contribution in [2.75, 3.05) is 19.8 Å². The van der Waals surface area contributed by atoms with Crippen molar-refractivity contribution in [1.82, 2.24) is 0 Å². The fourth-order valence-corrected chi connectivity index (χ4v) is 3.62. The molecule has 0 spiro atoms. The molecule has 112 valence electrons. The van der Waals surface area contributed by atoms with Gasteiger partial charge in [0.25, 0.3) is 0 Å². The van der Waals surface area contributed by atoms with Crippen molar-refractivity contribution in [1.29, 1.82) is 0 Å². The summed E-state index contributed by atoms with van der Waals surface area (Å²) in [5, 5.41) is 0. The second-order valence-corrected chi connectivity index (χ2v) is 6.44. The lowest BCUT2D eigenvalue weighted by molar-refractivity contribution is 0.0499. The summed E-state index contributed by atoms with van der Waals surface area (Å²) in [7, 11) is -1.50. The predicted molar refractivity (Wildman–Crippen MR) is 81.2 cm³/mol. The minimum absolute atomic E-state index is 0.256. The Morgan fingerprint density at radius 1 is 1.05 bits per heavy atom. The van der Waals surface area contributed by atoms with E-state index in [1.165, 1.54) is 0 Å². The molecule has 5 heteroatoms. The molecule has 0 unspecified atom stereocenters. The summed E-state index contributed by atoms with van der Waals surface area (Å²) >= 11 is 0. The van der Waals surface area contributed by atoms with Crippen LogP contribution in [0.1, 0.15) is 37.0 Å². The Morgan fingerprint density at radius 2 is 1.70 bits per heavy atom. The zero-order valence-electron chi connectivity index (χ0n) is 12.3. The maximum atomic E-state index is 11.7.